The summed E-state index contributed by atoms with van der Waals surface area (Å²) >= 11 is 0. The van der Waals surface area contributed by atoms with Crippen LogP contribution in [0.2, 0.25) is 0 Å². The lowest BCUT2D eigenvalue weighted by atomic mass is 9.71. The van der Waals surface area contributed by atoms with Gasteiger partial charge in [0.2, 0.25) is 5.75 Å². The van der Waals surface area contributed by atoms with E-state index in [0.29, 0.717) is 65.9 Å². The van der Waals surface area contributed by atoms with Crippen LogP contribution in [-0.2, 0) is 20.6 Å². The summed E-state index contributed by atoms with van der Waals surface area (Å²) in [6.07, 6.45) is -2.31. The van der Waals surface area contributed by atoms with Crippen molar-refractivity contribution >= 4 is 23.2 Å². The number of rotatable bonds is 6. The number of nitrogens with zero attached hydrogens (tertiary/aromatic N) is 2. The van der Waals surface area contributed by atoms with Gasteiger partial charge in [-0.15, -0.1) is 0 Å². The van der Waals surface area contributed by atoms with E-state index < -0.39 is 40.0 Å². The predicted octanol–water partition coefficient (Wildman–Crippen LogP) is 5.90. The van der Waals surface area contributed by atoms with Crippen LogP contribution in [0.3, 0.4) is 0 Å². The minimum atomic E-state index is -4.78. The normalized spacial score (nSPS) is 18.0. The van der Waals surface area contributed by atoms with E-state index in [1.807, 2.05) is 0 Å². The third-order valence-electron chi connectivity index (χ3n) is 7.28. The summed E-state index contributed by atoms with van der Waals surface area (Å²) in [5, 5.41) is 21.1. The molecule has 0 fully saturated rings. The molecule has 1 aliphatic heterocycles. The summed E-state index contributed by atoms with van der Waals surface area (Å²) in [7, 11) is 0. The summed E-state index contributed by atoms with van der Waals surface area (Å²) in [6, 6.07) is 8.13. The third-order valence-corrected chi connectivity index (χ3v) is 7.28. The number of carboxylic acids is 1. The molecule has 2 aromatic rings. The molecule has 0 saturated carbocycles. The number of nitro benzene ring substituents is 1. The summed E-state index contributed by atoms with van der Waals surface area (Å²) in [6.45, 7) is -0.383. The van der Waals surface area contributed by atoms with E-state index in [-0.39, 0.29) is 36.7 Å². The number of alkyl halides is 3. The van der Waals surface area contributed by atoms with Crippen molar-refractivity contribution in [3.05, 3.63) is 86.2 Å². The SMILES string of the molecule is O=C(O)CN1C2=C(C(=O)CCC2)C(c2cccc(Oc3ccc(C(F)(F)F)cc3[N+](=O)[O-])c2)C2=C1CCCC2=O. The first-order valence-corrected chi connectivity index (χ1v) is 12.6. The van der Waals surface area contributed by atoms with Gasteiger partial charge < -0.3 is 14.7 Å². The van der Waals surface area contributed by atoms with Gasteiger partial charge in [-0.2, -0.15) is 13.2 Å². The molecule has 0 bridgehead atoms. The van der Waals surface area contributed by atoms with E-state index in [0.717, 1.165) is 6.07 Å². The Morgan fingerprint density at radius 2 is 1.62 bits per heavy atom. The zero-order valence-electron chi connectivity index (χ0n) is 21.0. The average molecular weight is 556 g/mol. The smallest absolute Gasteiger partial charge is 0.416 e. The van der Waals surface area contributed by atoms with Crippen LogP contribution in [0.4, 0.5) is 18.9 Å². The molecule has 5 rings (SSSR count). The Morgan fingerprint density at radius 3 is 2.17 bits per heavy atom. The second-order valence-corrected chi connectivity index (χ2v) is 9.80. The van der Waals surface area contributed by atoms with E-state index in [1.165, 1.54) is 12.1 Å². The van der Waals surface area contributed by atoms with Crippen LogP contribution in [-0.4, -0.2) is 39.0 Å². The molecule has 0 aromatic heterocycles. The number of benzene rings is 2. The van der Waals surface area contributed by atoms with Crippen molar-refractivity contribution in [2.75, 3.05) is 6.54 Å². The first kappa shape index (κ1) is 27.1. The van der Waals surface area contributed by atoms with Gasteiger partial charge in [-0.3, -0.25) is 24.5 Å². The molecule has 0 saturated heterocycles. The highest BCUT2D eigenvalue weighted by Crippen LogP contribution is 2.49. The van der Waals surface area contributed by atoms with Crippen molar-refractivity contribution in [2.24, 2.45) is 0 Å². The number of halogens is 3. The topological polar surface area (TPSA) is 127 Å². The lowest BCUT2D eigenvalue weighted by molar-refractivity contribution is -0.385. The fraction of sp³-hybridized carbons (Fsp3) is 0.321. The fourth-order valence-electron chi connectivity index (χ4n) is 5.68. The van der Waals surface area contributed by atoms with E-state index >= 15 is 0 Å². The number of hydrogen-bond donors (Lipinski definition) is 1. The Kier molecular flexibility index (Phi) is 6.94. The zero-order chi connectivity index (χ0) is 28.8. The molecule has 2 aromatic carbocycles. The molecule has 0 amide bonds. The summed E-state index contributed by atoms with van der Waals surface area (Å²) in [5.41, 5.74) is 0.246. The Hall–Kier alpha value is -4.48. The van der Waals surface area contributed by atoms with Gasteiger partial charge in [0.1, 0.15) is 12.3 Å². The first-order chi connectivity index (χ1) is 19.0. The lowest BCUT2D eigenvalue weighted by Crippen LogP contribution is -2.41. The van der Waals surface area contributed by atoms with Crippen molar-refractivity contribution in [3.8, 4) is 11.5 Å². The molecule has 0 atom stereocenters. The van der Waals surface area contributed by atoms with Crippen LogP contribution in [0.15, 0.2) is 65.0 Å². The fourth-order valence-corrected chi connectivity index (χ4v) is 5.68. The zero-order valence-corrected chi connectivity index (χ0v) is 21.0. The average Bonchev–Trinajstić information content (AvgIpc) is 2.89. The number of ether oxygens (including phenoxy) is 1. The number of carbonyl (C=O) groups excluding carboxylic acids is 2. The Labute approximate surface area is 225 Å². The Bertz CT molecular complexity index is 1470. The van der Waals surface area contributed by atoms with Gasteiger partial charge in [0.05, 0.1) is 10.5 Å². The first-order valence-electron chi connectivity index (χ1n) is 12.6. The van der Waals surface area contributed by atoms with Gasteiger partial charge >= 0.3 is 17.8 Å². The maximum Gasteiger partial charge on any atom is 0.416 e. The second-order valence-electron chi connectivity index (χ2n) is 9.80. The molecule has 3 aliphatic rings. The quantitative estimate of drug-likeness (QED) is 0.344. The number of carboxylic acid groups (broad SMARTS) is 1. The molecule has 0 radical (unpaired) electrons. The summed E-state index contributed by atoms with van der Waals surface area (Å²) in [5.74, 6) is -2.63. The maximum atomic E-state index is 13.3. The molecule has 0 spiro atoms. The number of nitro groups is 1. The van der Waals surface area contributed by atoms with E-state index in [2.05, 4.69) is 0 Å². The van der Waals surface area contributed by atoms with Crippen molar-refractivity contribution in [1.82, 2.24) is 4.90 Å². The standard InChI is InChI=1S/C28H23F3N2O7/c29-28(30,31)16-10-11-23(20(13-16)33(38)39)40-17-5-1-4-15(12-17)25-26-18(6-2-8-21(26)34)32(14-24(36)37)19-7-3-9-22(35)27(19)25/h1,4-5,10-13,25H,2-3,6-9,14H2,(H,36,37). The van der Waals surface area contributed by atoms with Crippen LogP contribution in [0.5, 0.6) is 11.5 Å². The van der Waals surface area contributed by atoms with Gasteiger partial charge in [-0.05, 0) is 55.5 Å². The Balaban J connectivity index is 1.60. The minimum absolute atomic E-state index is 0.0594. The number of allylic oxidation sites excluding steroid dienone is 4. The number of Topliss-reactive ketones (excluding diaryl/α,β-unsaturated/α-hetero) is 2. The predicted molar refractivity (Wildman–Crippen MR) is 133 cm³/mol. The molecule has 208 valence electrons. The van der Waals surface area contributed by atoms with E-state index in [1.54, 1.807) is 17.0 Å². The Morgan fingerprint density at radius 1 is 1.00 bits per heavy atom. The van der Waals surface area contributed by atoms with Gasteiger partial charge in [0.25, 0.3) is 0 Å². The van der Waals surface area contributed by atoms with Crippen LogP contribution < -0.4 is 4.74 Å². The largest absolute Gasteiger partial charge is 0.480 e. The molecule has 9 nitrogen and oxygen atoms in total. The lowest BCUT2D eigenvalue weighted by Gasteiger charge is -2.43. The van der Waals surface area contributed by atoms with E-state index in [9.17, 15) is 42.8 Å². The highest BCUT2D eigenvalue weighted by molar-refractivity contribution is 6.06. The van der Waals surface area contributed by atoms with Gasteiger partial charge in [-0.25, -0.2) is 0 Å². The number of aliphatic carboxylic acids is 1. The van der Waals surface area contributed by atoms with Crippen LogP contribution in [0.25, 0.3) is 0 Å². The van der Waals surface area contributed by atoms with Gasteiger partial charge in [-0.1, -0.05) is 12.1 Å². The van der Waals surface area contributed by atoms with Crippen molar-refractivity contribution < 1.29 is 42.3 Å². The molecular formula is C28H23F3N2O7. The number of hydrogen-bond acceptors (Lipinski definition) is 7. The summed E-state index contributed by atoms with van der Waals surface area (Å²) < 4.78 is 45.0. The van der Waals surface area contributed by atoms with E-state index in [4.69, 9.17) is 4.74 Å². The second kappa shape index (κ2) is 10.2. The van der Waals surface area contributed by atoms with Crippen LogP contribution >= 0.6 is 0 Å². The van der Waals surface area contributed by atoms with Crippen LogP contribution in [0.1, 0.15) is 55.6 Å². The maximum absolute atomic E-state index is 13.3. The highest BCUT2D eigenvalue weighted by atomic mass is 19.4. The van der Waals surface area contributed by atoms with Gasteiger partial charge in [0, 0.05) is 47.4 Å². The summed E-state index contributed by atoms with van der Waals surface area (Å²) in [4.78, 5) is 50.4. The highest BCUT2D eigenvalue weighted by Gasteiger charge is 2.43. The monoisotopic (exact) mass is 556 g/mol. The van der Waals surface area contributed by atoms with Crippen molar-refractivity contribution in [1.29, 1.82) is 0 Å². The van der Waals surface area contributed by atoms with Crippen molar-refractivity contribution in [2.45, 2.75) is 50.6 Å². The molecular weight excluding hydrogens is 533 g/mol. The van der Waals surface area contributed by atoms with Crippen LogP contribution in [0, 0.1) is 10.1 Å². The molecule has 12 heteroatoms. The minimum Gasteiger partial charge on any atom is -0.480 e. The molecule has 2 aliphatic carbocycles. The number of ketones is 2. The molecule has 40 heavy (non-hydrogen) atoms. The molecule has 1 heterocycles. The van der Waals surface area contributed by atoms with Crippen molar-refractivity contribution in [3.63, 3.8) is 0 Å². The molecule has 0 unspecified atom stereocenters. The van der Waals surface area contributed by atoms with Gasteiger partial charge in [0.15, 0.2) is 11.6 Å². The number of carbonyl (C=O) groups is 3. The molecule has 1 N–H and O–H groups in total. The third kappa shape index (κ3) is 4.96.